The molecular weight excluding hydrogens is 245 g/mol. The second kappa shape index (κ2) is 5.71. The molecule has 1 heterocycles. The van der Waals surface area contributed by atoms with Crippen molar-refractivity contribution in [2.45, 2.75) is 26.3 Å². The Morgan fingerprint density at radius 1 is 1.56 bits per heavy atom. The highest BCUT2D eigenvalue weighted by Gasteiger charge is 2.16. The van der Waals surface area contributed by atoms with Crippen molar-refractivity contribution in [2.75, 3.05) is 6.54 Å². The first kappa shape index (κ1) is 13.6. The van der Waals surface area contributed by atoms with Gasteiger partial charge < -0.3 is 5.32 Å². The maximum atomic E-state index is 6.18. The smallest absolute Gasteiger partial charge is 0.131 e. The zero-order valence-corrected chi connectivity index (χ0v) is 11.4. The molecule has 5 heteroatoms. The Labute approximate surface area is 106 Å². The van der Waals surface area contributed by atoms with E-state index in [4.69, 9.17) is 23.2 Å². The summed E-state index contributed by atoms with van der Waals surface area (Å²) in [7, 11) is 1.85. The van der Waals surface area contributed by atoms with Gasteiger partial charge in [-0.05, 0) is 5.92 Å². The topological polar surface area (TPSA) is 29.9 Å². The van der Waals surface area contributed by atoms with Gasteiger partial charge in [0.25, 0.3) is 0 Å². The Morgan fingerprint density at radius 3 is 2.69 bits per heavy atom. The van der Waals surface area contributed by atoms with E-state index in [2.05, 4.69) is 30.8 Å². The fourth-order valence-corrected chi connectivity index (χ4v) is 1.81. The van der Waals surface area contributed by atoms with Gasteiger partial charge in [-0.15, -0.1) is 0 Å². The predicted molar refractivity (Wildman–Crippen MR) is 69.0 cm³/mol. The monoisotopic (exact) mass is 261 g/mol. The third kappa shape index (κ3) is 3.24. The number of rotatable bonds is 5. The molecule has 1 aromatic rings. The fraction of sp³-hybridized carbons (Fsp3) is 0.545. The van der Waals surface area contributed by atoms with Gasteiger partial charge in [0.1, 0.15) is 5.15 Å². The number of nitrogens with one attached hydrogen (secondary N) is 1. The van der Waals surface area contributed by atoms with Crippen LogP contribution >= 0.6 is 23.2 Å². The largest absolute Gasteiger partial charge is 0.308 e. The van der Waals surface area contributed by atoms with Crippen molar-refractivity contribution in [2.24, 2.45) is 7.05 Å². The molecule has 90 valence electrons. The summed E-state index contributed by atoms with van der Waals surface area (Å²) in [5, 5.41) is 8.84. The number of aryl methyl sites for hydroxylation is 1. The summed E-state index contributed by atoms with van der Waals surface area (Å²) >= 11 is 11.9. The van der Waals surface area contributed by atoms with Crippen LogP contribution in [0.25, 0.3) is 0 Å². The van der Waals surface area contributed by atoms with Crippen molar-refractivity contribution < 1.29 is 0 Å². The van der Waals surface area contributed by atoms with Crippen LogP contribution in [0.15, 0.2) is 11.6 Å². The summed E-state index contributed by atoms with van der Waals surface area (Å²) < 4.78 is 1.70. The van der Waals surface area contributed by atoms with Crippen LogP contribution in [0.5, 0.6) is 0 Å². The zero-order chi connectivity index (χ0) is 12.3. The Hall–Kier alpha value is -0.510. The molecule has 0 aromatic carbocycles. The normalized spacial score (nSPS) is 11.1. The number of aromatic nitrogens is 2. The number of nitrogens with zero attached hydrogens (tertiary/aromatic N) is 2. The van der Waals surface area contributed by atoms with Crippen LogP contribution in [0.2, 0.25) is 5.15 Å². The standard InChI is InChI=1S/C11H17Cl2N3/c1-7(2)10-9(6-14-5-8(3)12)11(13)16(4)15-10/h7,14H,3,5-6H2,1-2,4H3. The summed E-state index contributed by atoms with van der Waals surface area (Å²) in [6.07, 6.45) is 0. The number of hydrogen-bond donors (Lipinski definition) is 1. The van der Waals surface area contributed by atoms with Gasteiger partial charge >= 0.3 is 0 Å². The summed E-state index contributed by atoms with van der Waals surface area (Å²) in [5.41, 5.74) is 2.07. The second-order valence-corrected chi connectivity index (χ2v) is 4.95. The van der Waals surface area contributed by atoms with Crippen molar-refractivity contribution in [3.63, 3.8) is 0 Å². The molecule has 3 nitrogen and oxygen atoms in total. The first-order valence-corrected chi connectivity index (χ1v) is 5.94. The second-order valence-electron chi connectivity index (χ2n) is 4.05. The highest BCUT2D eigenvalue weighted by molar-refractivity contribution is 6.30. The van der Waals surface area contributed by atoms with Gasteiger partial charge in [0.15, 0.2) is 0 Å². The van der Waals surface area contributed by atoms with E-state index >= 15 is 0 Å². The first-order valence-electron chi connectivity index (χ1n) is 5.18. The molecule has 0 saturated heterocycles. The number of halogens is 2. The summed E-state index contributed by atoms with van der Waals surface area (Å²) in [4.78, 5) is 0. The third-order valence-electron chi connectivity index (χ3n) is 2.27. The molecule has 0 fully saturated rings. The maximum absolute atomic E-state index is 6.18. The average Bonchev–Trinajstić information content (AvgIpc) is 2.45. The van der Waals surface area contributed by atoms with Crippen molar-refractivity contribution in [3.8, 4) is 0 Å². The molecule has 0 amide bonds. The minimum absolute atomic E-state index is 0.356. The van der Waals surface area contributed by atoms with Crippen LogP contribution in [0.1, 0.15) is 31.0 Å². The number of hydrogen-bond acceptors (Lipinski definition) is 2. The Bertz CT molecular complexity index is 383. The lowest BCUT2D eigenvalue weighted by molar-refractivity contribution is 0.705. The predicted octanol–water partition coefficient (Wildman–Crippen LogP) is 3.04. The molecular formula is C11H17Cl2N3. The van der Waals surface area contributed by atoms with Crippen LogP contribution in [-0.2, 0) is 13.6 Å². The molecule has 16 heavy (non-hydrogen) atoms. The van der Waals surface area contributed by atoms with E-state index in [-0.39, 0.29) is 0 Å². The molecule has 0 aliphatic heterocycles. The summed E-state index contributed by atoms with van der Waals surface area (Å²) in [6.45, 7) is 9.05. The Kier molecular flexibility index (Phi) is 4.84. The van der Waals surface area contributed by atoms with Gasteiger partial charge in [0.2, 0.25) is 0 Å². The Balaban J connectivity index is 2.80. The van der Waals surface area contributed by atoms with E-state index < -0.39 is 0 Å². The minimum Gasteiger partial charge on any atom is -0.308 e. The van der Waals surface area contributed by atoms with Gasteiger partial charge in [0.05, 0.1) is 5.69 Å². The van der Waals surface area contributed by atoms with Crippen LogP contribution in [-0.4, -0.2) is 16.3 Å². The summed E-state index contributed by atoms with van der Waals surface area (Å²) in [6, 6.07) is 0. The Morgan fingerprint density at radius 2 is 2.19 bits per heavy atom. The lowest BCUT2D eigenvalue weighted by Crippen LogP contribution is -2.15. The zero-order valence-electron chi connectivity index (χ0n) is 9.85. The molecule has 0 bridgehead atoms. The van der Waals surface area contributed by atoms with Crippen LogP contribution < -0.4 is 5.32 Å². The molecule has 1 N–H and O–H groups in total. The molecule has 1 aromatic heterocycles. The third-order valence-corrected chi connectivity index (χ3v) is 2.87. The van der Waals surface area contributed by atoms with E-state index in [9.17, 15) is 0 Å². The van der Waals surface area contributed by atoms with Gasteiger partial charge in [0, 0.05) is 30.7 Å². The molecule has 0 atom stereocenters. The van der Waals surface area contributed by atoms with Gasteiger partial charge in [-0.2, -0.15) is 5.10 Å². The van der Waals surface area contributed by atoms with Crippen LogP contribution in [0.3, 0.4) is 0 Å². The van der Waals surface area contributed by atoms with E-state index in [1.54, 1.807) is 4.68 Å². The fourth-order valence-electron chi connectivity index (χ4n) is 1.52. The molecule has 0 aliphatic rings. The minimum atomic E-state index is 0.356. The lowest BCUT2D eigenvalue weighted by Gasteiger charge is -2.06. The van der Waals surface area contributed by atoms with Crippen molar-refractivity contribution in [1.82, 2.24) is 15.1 Å². The van der Waals surface area contributed by atoms with E-state index in [0.29, 0.717) is 29.2 Å². The highest BCUT2D eigenvalue weighted by atomic mass is 35.5. The molecule has 0 unspecified atom stereocenters. The maximum Gasteiger partial charge on any atom is 0.131 e. The van der Waals surface area contributed by atoms with Crippen molar-refractivity contribution >= 4 is 23.2 Å². The molecule has 0 saturated carbocycles. The molecule has 0 aliphatic carbocycles. The van der Waals surface area contributed by atoms with E-state index in [1.165, 1.54) is 0 Å². The molecule has 1 rings (SSSR count). The SMILES string of the molecule is C=C(Cl)CNCc1c(C(C)C)nn(C)c1Cl. The first-order chi connectivity index (χ1) is 7.43. The van der Waals surface area contributed by atoms with Crippen molar-refractivity contribution in [3.05, 3.63) is 28.0 Å². The van der Waals surface area contributed by atoms with Gasteiger partial charge in [-0.1, -0.05) is 43.6 Å². The van der Waals surface area contributed by atoms with E-state index in [0.717, 1.165) is 11.3 Å². The van der Waals surface area contributed by atoms with Gasteiger partial charge in [-0.25, -0.2) is 0 Å². The highest BCUT2D eigenvalue weighted by Crippen LogP contribution is 2.24. The van der Waals surface area contributed by atoms with Crippen molar-refractivity contribution in [1.29, 1.82) is 0 Å². The quantitative estimate of drug-likeness (QED) is 0.883. The van der Waals surface area contributed by atoms with Crippen LogP contribution in [0.4, 0.5) is 0 Å². The van der Waals surface area contributed by atoms with Gasteiger partial charge in [-0.3, -0.25) is 4.68 Å². The average molecular weight is 262 g/mol. The van der Waals surface area contributed by atoms with E-state index in [1.807, 2.05) is 7.05 Å². The lowest BCUT2D eigenvalue weighted by atomic mass is 10.1. The summed E-state index contributed by atoms with van der Waals surface area (Å²) in [5.74, 6) is 0.356. The molecule has 0 spiro atoms. The van der Waals surface area contributed by atoms with Crippen LogP contribution in [0, 0.1) is 0 Å². The molecule has 0 radical (unpaired) electrons.